The van der Waals surface area contributed by atoms with E-state index in [9.17, 15) is 8.78 Å². The van der Waals surface area contributed by atoms with Crippen molar-refractivity contribution in [2.75, 3.05) is 0 Å². The van der Waals surface area contributed by atoms with Gasteiger partial charge in [-0.1, -0.05) is 32.6 Å². The van der Waals surface area contributed by atoms with Crippen LogP contribution in [0.25, 0.3) is 0 Å². The fourth-order valence-corrected chi connectivity index (χ4v) is 2.66. The summed E-state index contributed by atoms with van der Waals surface area (Å²) in [4.78, 5) is 0. The Balaban J connectivity index is 0.00000162. The summed E-state index contributed by atoms with van der Waals surface area (Å²) in [7, 11) is 0. The first-order valence-electron chi connectivity index (χ1n) is 6.51. The van der Waals surface area contributed by atoms with Crippen LogP contribution in [0.4, 0.5) is 8.78 Å². The molecule has 1 saturated carbocycles. The molecule has 18 heavy (non-hydrogen) atoms. The van der Waals surface area contributed by atoms with Gasteiger partial charge >= 0.3 is 58.2 Å². The average molecular weight is 323 g/mol. The molecule has 0 atom stereocenters. The third kappa shape index (κ3) is 4.77. The van der Waals surface area contributed by atoms with Gasteiger partial charge in [0.15, 0.2) is 0 Å². The van der Waals surface area contributed by atoms with E-state index < -0.39 is 11.6 Å². The van der Waals surface area contributed by atoms with Gasteiger partial charge in [0.2, 0.25) is 0 Å². The van der Waals surface area contributed by atoms with Gasteiger partial charge in [-0.2, -0.15) is 12.1 Å². The van der Waals surface area contributed by atoms with Crippen LogP contribution < -0.4 is 58.2 Å². The minimum absolute atomic E-state index is 0. The van der Waals surface area contributed by atoms with Gasteiger partial charge in [0.25, 0.3) is 0 Å². The predicted octanol–water partition coefficient (Wildman–Crippen LogP) is 1.53. The summed E-state index contributed by atoms with van der Waals surface area (Å²) in [5.74, 6) is -0.0268. The normalized spacial score (nSPS) is 23.5. The molecule has 0 aliphatic heterocycles. The molecule has 0 N–H and O–H groups in total. The zero-order valence-corrected chi connectivity index (χ0v) is 16.2. The van der Waals surface area contributed by atoms with Crippen LogP contribution in [0.3, 0.4) is 0 Å². The molecule has 0 saturated heterocycles. The van der Waals surface area contributed by atoms with E-state index in [0.29, 0.717) is 17.9 Å². The predicted molar refractivity (Wildman–Crippen MR) is 64.6 cm³/mol. The van der Waals surface area contributed by atoms with E-state index in [1.165, 1.54) is 31.7 Å². The zero-order chi connectivity index (χ0) is 12.3. The standard InChI is InChI=1S/C15H19F2.Rb/c1-11-5-7-12(8-6-11)9-10-13-3-2-4-14(16)15(13)17;/h2-3,11-12H,5-10H2,1H3;/q-1;+1. The molecule has 0 unspecified atom stereocenters. The van der Waals surface area contributed by atoms with Gasteiger partial charge in [-0.05, 0) is 24.7 Å². The number of halogens is 2. The Morgan fingerprint density at radius 1 is 1.22 bits per heavy atom. The first-order chi connectivity index (χ1) is 8.16. The maximum absolute atomic E-state index is 13.4. The maximum Gasteiger partial charge on any atom is 1.00 e. The Hall–Kier alpha value is 0.885. The van der Waals surface area contributed by atoms with E-state index in [2.05, 4.69) is 13.0 Å². The van der Waals surface area contributed by atoms with Gasteiger partial charge in [-0.15, -0.1) is 11.6 Å². The van der Waals surface area contributed by atoms with E-state index in [1.54, 1.807) is 6.07 Å². The van der Waals surface area contributed by atoms with E-state index >= 15 is 0 Å². The second-order valence-electron chi connectivity index (χ2n) is 5.30. The molecule has 0 aromatic heterocycles. The van der Waals surface area contributed by atoms with Gasteiger partial charge in [0.1, 0.15) is 0 Å². The fraction of sp³-hybridized carbons (Fsp3) is 0.600. The average Bonchev–Trinajstić information content (AvgIpc) is 2.33. The Kier molecular flexibility index (Phi) is 7.75. The van der Waals surface area contributed by atoms with E-state index in [1.807, 2.05) is 0 Å². The van der Waals surface area contributed by atoms with Crippen LogP contribution in [0.5, 0.6) is 0 Å². The van der Waals surface area contributed by atoms with Gasteiger partial charge in [0, 0.05) is 11.6 Å². The second-order valence-corrected chi connectivity index (χ2v) is 5.30. The quantitative estimate of drug-likeness (QED) is 0.740. The molecule has 0 heterocycles. The van der Waals surface area contributed by atoms with Gasteiger partial charge in [-0.3, -0.25) is 4.39 Å². The van der Waals surface area contributed by atoms with Crippen LogP contribution in [-0.2, 0) is 6.42 Å². The Bertz CT molecular complexity index is 371. The molecular weight excluding hydrogens is 304 g/mol. The summed E-state index contributed by atoms with van der Waals surface area (Å²) >= 11 is 0. The molecule has 0 radical (unpaired) electrons. The molecule has 0 bridgehead atoms. The number of hydrogen-bond donors (Lipinski definition) is 0. The fourth-order valence-electron chi connectivity index (χ4n) is 2.66. The molecule has 0 spiro atoms. The Labute approximate surface area is 157 Å². The number of hydrogen-bond acceptors (Lipinski definition) is 0. The third-order valence-electron chi connectivity index (χ3n) is 3.93. The second kappa shape index (κ2) is 8.23. The van der Waals surface area contributed by atoms with Crippen molar-refractivity contribution in [3.63, 3.8) is 0 Å². The van der Waals surface area contributed by atoms with Gasteiger partial charge in [-0.25, -0.2) is 4.39 Å². The molecular formula is C15H19F2Rb. The van der Waals surface area contributed by atoms with E-state index in [4.69, 9.17) is 0 Å². The first kappa shape index (κ1) is 16.9. The molecule has 1 aromatic carbocycles. The van der Waals surface area contributed by atoms with Crippen molar-refractivity contribution in [3.8, 4) is 0 Å². The molecule has 0 nitrogen and oxygen atoms in total. The largest absolute Gasteiger partial charge is 1.00 e. The molecule has 1 aromatic rings. The Morgan fingerprint density at radius 2 is 1.89 bits per heavy atom. The minimum Gasteiger partial charge on any atom is -0.281 e. The SMILES string of the molecule is CC1CCC(CCc2cc[c-]c(F)c2F)CC1.[Rb+]. The smallest absolute Gasteiger partial charge is 0.281 e. The van der Waals surface area contributed by atoms with E-state index in [-0.39, 0.29) is 58.2 Å². The first-order valence-corrected chi connectivity index (χ1v) is 6.51. The van der Waals surface area contributed by atoms with Gasteiger partial charge < -0.3 is 0 Å². The van der Waals surface area contributed by atoms with Crippen LogP contribution in [0, 0.1) is 29.5 Å². The summed E-state index contributed by atoms with van der Waals surface area (Å²) in [6.07, 6.45) is 6.67. The number of aryl methyl sites for hydroxylation is 1. The maximum atomic E-state index is 13.4. The van der Waals surface area contributed by atoms with Crippen LogP contribution in [0.15, 0.2) is 12.1 Å². The van der Waals surface area contributed by atoms with Crippen molar-refractivity contribution in [2.24, 2.45) is 11.8 Å². The van der Waals surface area contributed by atoms with Crippen molar-refractivity contribution < 1.29 is 67.0 Å². The third-order valence-corrected chi connectivity index (χ3v) is 3.93. The minimum atomic E-state index is -0.847. The Morgan fingerprint density at radius 3 is 2.56 bits per heavy atom. The summed E-state index contributed by atoms with van der Waals surface area (Å²) in [5.41, 5.74) is 0.500. The van der Waals surface area contributed by atoms with E-state index in [0.717, 1.165) is 12.3 Å². The van der Waals surface area contributed by atoms with Crippen LogP contribution >= 0.6 is 0 Å². The molecule has 2 rings (SSSR count). The molecule has 1 aliphatic rings. The summed E-state index contributed by atoms with van der Waals surface area (Å²) in [6.45, 7) is 2.29. The van der Waals surface area contributed by atoms with Crippen LogP contribution in [0.1, 0.15) is 44.6 Å². The topological polar surface area (TPSA) is 0 Å². The van der Waals surface area contributed by atoms with Crippen molar-refractivity contribution >= 4 is 0 Å². The molecule has 1 fully saturated rings. The van der Waals surface area contributed by atoms with Crippen molar-refractivity contribution in [2.45, 2.75) is 45.4 Å². The zero-order valence-electron chi connectivity index (χ0n) is 11.3. The summed E-state index contributed by atoms with van der Waals surface area (Å²) < 4.78 is 26.4. The summed E-state index contributed by atoms with van der Waals surface area (Å²) in [6, 6.07) is 5.35. The summed E-state index contributed by atoms with van der Waals surface area (Å²) in [5, 5.41) is 0. The number of rotatable bonds is 3. The molecule has 1 aliphatic carbocycles. The van der Waals surface area contributed by atoms with Crippen molar-refractivity contribution in [3.05, 3.63) is 35.4 Å². The number of benzene rings is 1. The monoisotopic (exact) mass is 322 g/mol. The van der Waals surface area contributed by atoms with Crippen LogP contribution in [-0.4, -0.2) is 0 Å². The van der Waals surface area contributed by atoms with Crippen molar-refractivity contribution in [1.29, 1.82) is 0 Å². The van der Waals surface area contributed by atoms with Crippen molar-refractivity contribution in [1.82, 2.24) is 0 Å². The van der Waals surface area contributed by atoms with Gasteiger partial charge in [0.05, 0.1) is 0 Å². The molecule has 3 heteroatoms. The van der Waals surface area contributed by atoms with Crippen LogP contribution in [0.2, 0.25) is 0 Å². The molecule has 94 valence electrons. The molecule has 0 amide bonds.